The number of esters is 2. The molecule has 0 aliphatic carbocycles. The van der Waals surface area contributed by atoms with Crippen molar-refractivity contribution in [1.29, 1.82) is 0 Å². The molecular weight excluding hydrogens is 552 g/mol. The monoisotopic (exact) mass is 580 g/mol. The number of fused-ring (bicyclic) bond motifs is 1. The predicted octanol–water partition coefficient (Wildman–Crippen LogP) is 4.44. The summed E-state index contributed by atoms with van der Waals surface area (Å²) in [5.74, 6) is -0.345. The summed E-state index contributed by atoms with van der Waals surface area (Å²) >= 11 is 1.23. The van der Waals surface area contributed by atoms with Gasteiger partial charge in [-0.3, -0.25) is 9.36 Å². The van der Waals surface area contributed by atoms with Crippen molar-refractivity contribution in [3.8, 4) is 5.75 Å². The molecule has 1 atom stereocenters. The number of para-hydroxylation sites is 1. The van der Waals surface area contributed by atoms with Gasteiger partial charge in [-0.15, -0.1) is 0 Å². The third-order valence-electron chi connectivity index (χ3n) is 6.76. The number of allylic oxidation sites excluding steroid dienone is 2. The third-order valence-corrected chi connectivity index (χ3v) is 7.77. The highest BCUT2D eigenvalue weighted by Gasteiger charge is 2.33. The lowest BCUT2D eigenvalue weighted by atomic mass is 9.95. The van der Waals surface area contributed by atoms with E-state index >= 15 is 0 Å². The van der Waals surface area contributed by atoms with Gasteiger partial charge in [0.25, 0.3) is 5.56 Å². The Morgan fingerprint density at radius 1 is 0.952 bits per heavy atom. The van der Waals surface area contributed by atoms with E-state index in [1.807, 2.05) is 60.7 Å². The van der Waals surface area contributed by atoms with Gasteiger partial charge in [-0.05, 0) is 42.3 Å². The summed E-state index contributed by atoms with van der Waals surface area (Å²) in [4.78, 5) is 44.5. The molecule has 3 aromatic carbocycles. The second kappa shape index (κ2) is 12.7. The van der Waals surface area contributed by atoms with E-state index in [-0.39, 0.29) is 17.7 Å². The molecule has 5 rings (SSSR count). The summed E-state index contributed by atoms with van der Waals surface area (Å²) in [5.41, 5.74) is 3.08. The van der Waals surface area contributed by atoms with Crippen molar-refractivity contribution in [2.75, 3.05) is 14.2 Å². The van der Waals surface area contributed by atoms with E-state index in [0.29, 0.717) is 31.9 Å². The topological polar surface area (TPSA) is 96.2 Å². The Balaban J connectivity index is 1.57. The minimum atomic E-state index is -0.809. The van der Waals surface area contributed by atoms with Gasteiger partial charge in [0.2, 0.25) is 0 Å². The number of nitrogens with zero attached hydrogens (tertiary/aromatic N) is 2. The normalized spacial score (nSPS) is 14.8. The molecule has 0 amide bonds. The standard InChI is InChI=1S/C33H28N2O6S/c1-21-28(32(38)41-20-22-10-5-4-6-11-22)29(24-16-18-25(19-17-24)31(37)40-3)35-30(36)27(42-33(35)34-21)15-9-13-23-12-7-8-14-26(23)39-2/h4-19,29H,20H2,1-3H3. The lowest BCUT2D eigenvalue weighted by molar-refractivity contribution is -0.140. The van der Waals surface area contributed by atoms with Gasteiger partial charge in [0, 0.05) is 5.56 Å². The molecule has 212 valence electrons. The molecule has 0 spiro atoms. The molecule has 0 radical (unpaired) electrons. The Morgan fingerprint density at radius 3 is 2.38 bits per heavy atom. The smallest absolute Gasteiger partial charge is 0.338 e. The van der Waals surface area contributed by atoms with E-state index in [9.17, 15) is 14.4 Å². The fourth-order valence-corrected chi connectivity index (χ4v) is 5.67. The highest BCUT2D eigenvalue weighted by atomic mass is 32.1. The summed E-state index contributed by atoms with van der Waals surface area (Å²) in [7, 11) is 2.91. The molecule has 0 saturated carbocycles. The van der Waals surface area contributed by atoms with Crippen LogP contribution in [0.4, 0.5) is 0 Å². The number of methoxy groups -OCH3 is 2. The van der Waals surface area contributed by atoms with Crippen molar-refractivity contribution >= 4 is 35.4 Å². The van der Waals surface area contributed by atoms with Crippen LogP contribution in [-0.4, -0.2) is 30.7 Å². The van der Waals surface area contributed by atoms with Gasteiger partial charge in [-0.1, -0.05) is 84.2 Å². The molecule has 0 bridgehead atoms. The number of aromatic nitrogens is 1. The molecule has 4 aromatic rings. The molecule has 1 unspecified atom stereocenters. The number of carbonyl (C=O) groups excluding carboxylic acids is 2. The minimum absolute atomic E-state index is 0.0720. The zero-order valence-corrected chi connectivity index (χ0v) is 24.1. The first-order chi connectivity index (χ1) is 20.4. The van der Waals surface area contributed by atoms with Crippen molar-refractivity contribution in [1.82, 2.24) is 4.57 Å². The first-order valence-corrected chi connectivity index (χ1v) is 13.9. The maximum atomic E-state index is 13.8. The first-order valence-electron chi connectivity index (χ1n) is 13.1. The van der Waals surface area contributed by atoms with E-state index in [1.54, 1.807) is 50.5 Å². The molecule has 9 heteroatoms. The molecule has 42 heavy (non-hydrogen) atoms. The predicted molar refractivity (Wildman–Crippen MR) is 161 cm³/mol. The largest absolute Gasteiger partial charge is 0.496 e. The number of carbonyl (C=O) groups is 2. The van der Waals surface area contributed by atoms with E-state index in [4.69, 9.17) is 14.2 Å². The van der Waals surface area contributed by atoms with Gasteiger partial charge in [0.1, 0.15) is 12.4 Å². The van der Waals surface area contributed by atoms with Crippen LogP contribution in [0.1, 0.15) is 40.0 Å². The maximum Gasteiger partial charge on any atom is 0.338 e. The molecule has 1 aliphatic heterocycles. The van der Waals surface area contributed by atoms with Gasteiger partial charge >= 0.3 is 11.9 Å². The van der Waals surface area contributed by atoms with Crippen LogP contribution >= 0.6 is 11.3 Å². The summed E-state index contributed by atoms with van der Waals surface area (Å²) in [6, 6.07) is 22.7. The highest BCUT2D eigenvalue weighted by molar-refractivity contribution is 7.07. The Kier molecular flexibility index (Phi) is 8.59. The molecule has 2 heterocycles. The Bertz CT molecular complexity index is 1870. The molecule has 1 aromatic heterocycles. The number of rotatable bonds is 8. The minimum Gasteiger partial charge on any atom is -0.496 e. The van der Waals surface area contributed by atoms with Crippen LogP contribution in [-0.2, 0) is 20.9 Å². The van der Waals surface area contributed by atoms with Gasteiger partial charge in [0.05, 0.1) is 41.6 Å². The Morgan fingerprint density at radius 2 is 1.67 bits per heavy atom. The van der Waals surface area contributed by atoms with Crippen LogP contribution in [0.25, 0.3) is 12.2 Å². The van der Waals surface area contributed by atoms with Crippen LogP contribution in [0.5, 0.6) is 5.75 Å². The van der Waals surface area contributed by atoms with Crippen LogP contribution in [0.3, 0.4) is 0 Å². The van der Waals surface area contributed by atoms with E-state index in [1.165, 1.54) is 23.0 Å². The SMILES string of the molecule is COC(=O)c1ccc(C2C(C(=O)OCc3ccccc3)=C(C)N=c3sc(=CC=Cc4ccccc4OC)c(=O)n32)cc1. The summed E-state index contributed by atoms with van der Waals surface area (Å²) < 4.78 is 17.9. The fourth-order valence-electron chi connectivity index (χ4n) is 4.68. The fraction of sp³-hybridized carbons (Fsp3) is 0.152. The van der Waals surface area contributed by atoms with E-state index in [2.05, 4.69) is 4.99 Å². The first kappa shape index (κ1) is 28.5. The van der Waals surface area contributed by atoms with Gasteiger partial charge in [-0.25, -0.2) is 14.6 Å². The molecule has 1 aliphatic rings. The number of thiazole rings is 1. The van der Waals surface area contributed by atoms with Crippen molar-refractivity contribution in [3.63, 3.8) is 0 Å². The molecular formula is C33H28N2O6S. The highest BCUT2D eigenvalue weighted by Crippen LogP contribution is 2.31. The zero-order valence-electron chi connectivity index (χ0n) is 23.3. The van der Waals surface area contributed by atoms with Crippen LogP contribution < -0.4 is 19.6 Å². The van der Waals surface area contributed by atoms with E-state index < -0.39 is 18.0 Å². The van der Waals surface area contributed by atoms with Crippen LogP contribution in [0.15, 0.2) is 106 Å². The van der Waals surface area contributed by atoms with Gasteiger partial charge in [-0.2, -0.15) is 0 Å². The van der Waals surface area contributed by atoms with Crippen molar-refractivity contribution in [3.05, 3.63) is 138 Å². The van der Waals surface area contributed by atoms with Crippen molar-refractivity contribution in [2.24, 2.45) is 4.99 Å². The summed E-state index contributed by atoms with van der Waals surface area (Å²) in [6.45, 7) is 1.80. The number of hydrogen-bond donors (Lipinski definition) is 0. The molecule has 8 nitrogen and oxygen atoms in total. The Hall–Kier alpha value is -5.02. The molecule has 0 N–H and O–H groups in total. The van der Waals surface area contributed by atoms with E-state index in [0.717, 1.165) is 11.1 Å². The zero-order chi connectivity index (χ0) is 29.6. The summed E-state index contributed by atoms with van der Waals surface area (Å²) in [6.07, 6.45) is 5.37. The lowest BCUT2D eigenvalue weighted by Crippen LogP contribution is -2.39. The maximum absolute atomic E-state index is 13.8. The number of ether oxygens (including phenoxy) is 3. The second-order valence-corrected chi connectivity index (χ2v) is 10.4. The molecule has 0 saturated heterocycles. The van der Waals surface area contributed by atoms with Crippen molar-refractivity contribution < 1.29 is 23.8 Å². The number of hydrogen-bond acceptors (Lipinski definition) is 8. The van der Waals surface area contributed by atoms with Gasteiger partial charge < -0.3 is 14.2 Å². The average molecular weight is 581 g/mol. The van der Waals surface area contributed by atoms with Crippen molar-refractivity contribution in [2.45, 2.75) is 19.6 Å². The summed E-state index contributed by atoms with van der Waals surface area (Å²) in [5, 5.41) is 0. The van der Waals surface area contributed by atoms with Crippen LogP contribution in [0.2, 0.25) is 0 Å². The quantitative estimate of drug-likeness (QED) is 0.286. The van der Waals surface area contributed by atoms with Gasteiger partial charge in [0.15, 0.2) is 4.80 Å². The average Bonchev–Trinajstić information content (AvgIpc) is 3.33. The Labute approximate surface area is 246 Å². The second-order valence-electron chi connectivity index (χ2n) is 9.38. The molecule has 0 fully saturated rings. The van der Waals surface area contributed by atoms with Crippen LogP contribution in [0, 0.1) is 0 Å². The third kappa shape index (κ3) is 5.87. The number of benzene rings is 3. The lowest BCUT2D eigenvalue weighted by Gasteiger charge is -2.25.